The number of urea groups is 1. The fourth-order valence-corrected chi connectivity index (χ4v) is 2.72. The summed E-state index contributed by atoms with van der Waals surface area (Å²) in [5.41, 5.74) is 1.71. The van der Waals surface area contributed by atoms with Crippen LogP contribution in [0, 0.1) is 0 Å². The third-order valence-electron chi connectivity index (χ3n) is 3.99. The van der Waals surface area contributed by atoms with Gasteiger partial charge in [-0.2, -0.15) is 0 Å². The summed E-state index contributed by atoms with van der Waals surface area (Å²) in [6.45, 7) is 0.826. The van der Waals surface area contributed by atoms with E-state index in [1.54, 1.807) is 24.3 Å². The van der Waals surface area contributed by atoms with Crippen molar-refractivity contribution >= 4 is 17.6 Å². The molecule has 25 heavy (non-hydrogen) atoms. The smallest absolute Gasteiger partial charge is 0.315 e. The van der Waals surface area contributed by atoms with Gasteiger partial charge in [-0.05, 0) is 17.7 Å². The van der Waals surface area contributed by atoms with Crippen LogP contribution in [-0.2, 0) is 11.3 Å². The summed E-state index contributed by atoms with van der Waals surface area (Å²) < 4.78 is 4.99. The van der Waals surface area contributed by atoms with E-state index in [1.165, 1.54) is 0 Å². The van der Waals surface area contributed by atoms with E-state index in [2.05, 4.69) is 15.6 Å². The van der Waals surface area contributed by atoms with Gasteiger partial charge >= 0.3 is 6.03 Å². The molecule has 0 spiro atoms. The first-order chi connectivity index (χ1) is 12.2. The zero-order chi connectivity index (χ0) is 17.6. The predicted octanol–water partition coefficient (Wildman–Crippen LogP) is 1.69. The number of methoxy groups -OCH3 is 1. The molecule has 0 bridgehead atoms. The Morgan fingerprint density at radius 2 is 2.08 bits per heavy atom. The number of carbonyl (C=O) groups is 2. The normalized spacial score (nSPS) is 16.6. The van der Waals surface area contributed by atoms with Gasteiger partial charge in [0.15, 0.2) is 0 Å². The van der Waals surface area contributed by atoms with Gasteiger partial charge in [-0.25, -0.2) is 9.78 Å². The summed E-state index contributed by atoms with van der Waals surface area (Å²) >= 11 is 0. The van der Waals surface area contributed by atoms with Gasteiger partial charge in [0, 0.05) is 37.5 Å². The molecule has 2 N–H and O–H groups in total. The highest BCUT2D eigenvalue weighted by atomic mass is 16.5. The number of ether oxygens (including phenoxy) is 1. The third-order valence-corrected chi connectivity index (χ3v) is 3.99. The van der Waals surface area contributed by atoms with Crippen molar-refractivity contribution in [2.24, 2.45) is 0 Å². The van der Waals surface area contributed by atoms with Crippen LogP contribution in [0.4, 0.5) is 10.5 Å². The second kappa shape index (κ2) is 7.65. The van der Waals surface area contributed by atoms with E-state index in [9.17, 15) is 9.59 Å². The van der Waals surface area contributed by atoms with Crippen molar-refractivity contribution in [3.8, 4) is 5.88 Å². The minimum absolute atomic E-state index is 0.0101. The van der Waals surface area contributed by atoms with Crippen molar-refractivity contribution < 1.29 is 14.3 Å². The Hall–Kier alpha value is -3.09. The second-order valence-electron chi connectivity index (χ2n) is 5.78. The van der Waals surface area contributed by atoms with Crippen LogP contribution < -0.4 is 20.3 Å². The molecule has 1 aromatic heterocycles. The average Bonchev–Trinajstić information content (AvgIpc) is 3.01. The number of amides is 3. The molecule has 7 heteroatoms. The number of hydrogen-bond donors (Lipinski definition) is 2. The van der Waals surface area contributed by atoms with Crippen molar-refractivity contribution in [3.05, 3.63) is 54.2 Å². The molecule has 0 aliphatic carbocycles. The summed E-state index contributed by atoms with van der Waals surface area (Å²) in [6.07, 6.45) is 1.95. The zero-order valence-electron chi connectivity index (χ0n) is 13.9. The number of aromatic nitrogens is 1. The lowest BCUT2D eigenvalue weighted by Crippen LogP contribution is -2.43. The Morgan fingerprint density at radius 1 is 1.28 bits per heavy atom. The lowest BCUT2D eigenvalue weighted by atomic mass is 10.2. The number of benzene rings is 1. The molecule has 0 saturated carbocycles. The number of rotatable bonds is 5. The van der Waals surface area contributed by atoms with Gasteiger partial charge in [-0.3, -0.25) is 4.79 Å². The van der Waals surface area contributed by atoms with Crippen molar-refractivity contribution in [1.29, 1.82) is 0 Å². The zero-order valence-corrected chi connectivity index (χ0v) is 13.9. The van der Waals surface area contributed by atoms with Crippen molar-refractivity contribution in [2.45, 2.75) is 19.0 Å². The molecule has 7 nitrogen and oxygen atoms in total. The first-order valence-corrected chi connectivity index (χ1v) is 8.04. The number of nitrogens with one attached hydrogen (secondary N) is 2. The molecule has 3 rings (SSSR count). The lowest BCUT2D eigenvalue weighted by Gasteiger charge is -2.17. The summed E-state index contributed by atoms with van der Waals surface area (Å²) in [5, 5.41) is 5.62. The molecule has 0 radical (unpaired) electrons. The first-order valence-electron chi connectivity index (χ1n) is 8.04. The van der Waals surface area contributed by atoms with Gasteiger partial charge < -0.3 is 20.3 Å². The van der Waals surface area contributed by atoms with Gasteiger partial charge in [0.05, 0.1) is 13.2 Å². The molecule has 130 valence electrons. The topological polar surface area (TPSA) is 83.6 Å². The van der Waals surface area contributed by atoms with Crippen LogP contribution in [-0.4, -0.2) is 36.6 Å². The van der Waals surface area contributed by atoms with E-state index in [0.29, 0.717) is 25.4 Å². The molecule has 1 aliphatic rings. The summed E-state index contributed by atoms with van der Waals surface area (Å²) in [5.74, 6) is 0.537. The molecular weight excluding hydrogens is 320 g/mol. The van der Waals surface area contributed by atoms with Crippen LogP contribution in [0.1, 0.15) is 12.0 Å². The van der Waals surface area contributed by atoms with E-state index in [4.69, 9.17) is 4.74 Å². The second-order valence-corrected chi connectivity index (χ2v) is 5.78. The Kier molecular flexibility index (Phi) is 5.13. The summed E-state index contributed by atoms with van der Waals surface area (Å²) in [7, 11) is 1.55. The number of carbonyl (C=O) groups excluding carboxylic acids is 2. The van der Waals surface area contributed by atoms with Crippen LogP contribution in [0.25, 0.3) is 0 Å². The molecule has 2 heterocycles. The quantitative estimate of drug-likeness (QED) is 0.868. The number of hydrogen-bond acceptors (Lipinski definition) is 4. The minimum atomic E-state index is -0.302. The Bertz CT molecular complexity index is 734. The van der Waals surface area contributed by atoms with Gasteiger partial charge in [-0.1, -0.05) is 24.3 Å². The Morgan fingerprint density at radius 3 is 2.76 bits per heavy atom. The highest BCUT2D eigenvalue weighted by Crippen LogP contribution is 2.20. The van der Waals surface area contributed by atoms with E-state index in [-0.39, 0.29) is 18.0 Å². The monoisotopic (exact) mass is 340 g/mol. The van der Waals surface area contributed by atoms with Gasteiger partial charge in [0.1, 0.15) is 0 Å². The molecule has 1 aromatic carbocycles. The maximum absolute atomic E-state index is 12.1. The summed E-state index contributed by atoms with van der Waals surface area (Å²) in [4.78, 5) is 30.0. The predicted molar refractivity (Wildman–Crippen MR) is 93.4 cm³/mol. The fraction of sp³-hybridized carbons (Fsp3) is 0.278. The number of anilines is 1. The third kappa shape index (κ3) is 4.26. The van der Waals surface area contributed by atoms with Gasteiger partial charge in [0.2, 0.25) is 11.8 Å². The van der Waals surface area contributed by atoms with Crippen LogP contribution in [0.3, 0.4) is 0 Å². The van der Waals surface area contributed by atoms with Gasteiger partial charge in [0.25, 0.3) is 0 Å². The maximum Gasteiger partial charge on any atom is 0.315 e. The number of nitrogens with zero attached hydrogens (tertiary/aromatic N) is 2. The molecule has 3 amide bonds. The summed E-state index contributed by atoms with van der Waals surface area (Å²) in [6, 6.07) is 12.5. The molecule has 2 aromatic rings. The largest absolute Gasteiger partial charge is 0.481 e. The molecule has 1 fully saturated rings. The number of pyridine rings is 1. The Labute approximate surface area is 146 Å². The Balaban J connectivity index is 1.49. The standard InChI is InChI=1S/C18H20N4O3/c1-25-16-8-7-13(10-19-16)11-20-18(24)21-14-9-17(23)22(12-14)15-5-3-2-4-6-15/h2-8,10,14H,9,11-12H2,1H3,(H2,20,21,24). The molecule has 1 unspecified atom stereocenters. The molecular formula is C18H20N4O3. The van der Waals surface area contributed by atoms with Crippen LogP contribution in [0.15, 0.2) is 48.7 Å². The maximum atomic E-state index is 12.1. The average molecular weight is 340 g/mol. The van der Waals surface area contributed by atoms with E-state index in [1.807, 2.05) is 36.4 Å². The van der Waals surface area contributed by atoms with E-state index < -0.39 is 0 Å². The fourth-order valence-electron chi connectivity index (χ4n) is 2.72. The highest BCUT2D eigenvalue weighted by Gasteiger charge is 2.31. The van der Waals surface area contributed by atoms with E-state index in [0.717, 1.165) is 11.3 Å². The first kappa shape index (κ1) is 16.8. The van der Waals surface area contributed by atoms with Crippen LogP contribution >= 0.6 is 0 Å². The van der Waals surface area contributed by atoms with Crippen molar-refractivity contribution in [1.82, 2.24) is 15.6 Å². The van der Waals surface area contributed by atoms with Crippen LogP contribution in [0.5, 0.6) is 5.88 Å². The molecule has 1 atom stereocenters. The van der Waals surface area contributed by atoms with Crippen molar-refractivity contribution in [2.75, 3.05) is 18.6 Å². The van der Waals surface area contributed by atoms with Crippen LogP contribution in [0.2, 0.25) is 0 Å². The van der Waals surface area contributed by atoms with E-state index >= 15 is 0 Å². The minimum Gasteiger partial charge on any atom is -0.481 e. The highest BCUT2D eigenvalue weighted by molar-refractivity contribution is 5.96. The number of para-hydroxylation sites is 1. The molecule has 1 aliphatic heterocycles. The van der Waals surface area contributed by atoms with Crippen molar-refractivity contribution in [3.63, 3.8) is 0 Å². The SMILES string of the molecule is COc1ccc(CNC(=O)NC2CC(=O)N(c3ccccc3)C2)cn1. The van der Waals surface area contributed by atoms with Gasteiger partial charge in [-0.15, -0.1) is 0 Å². The lowest BCUT2D eigenvalue weighted by molar-refractivity contribution is -0.117. The molecule has 1 saturated heterocycles.